The number of nitrogens with one attached hydrogen (secondary N) is 1. The molecule has 1 atom stereocenters. The van der Waals surface area contributed by atoms with E-state index in [0.717, 1.165) is 56.0 Å². The van der Waals surface area contributed by atoms with E-state index in [1.165, 1.54) is 12.8 Å². The second kappa shape index (κ2) is 7.30. The number of nitrogens with zero attached hydrogens (tertiary/aromatic N) is 3. The molecule has 1 aliphatic carbocycles. The smallest absolute Gasteiger partial charge is 0.225 e. The Labute approximate surface area is 151 Å². The van der Waals surface area contributed by atoms with E-state index in [1.54, 1.807) is 0 Å². The maximum Gasteiger partial charge on any atom is 0.225 e. The maximum absolute atomic E-state index is 12.6. The van der Waals surface area contributed by atoms with Gasteiger partial charge in [-0.15, -0.1) is 0 Å². The van der Waals surface area contributed by atoms with Crippen LogP contribution in [-0.2, 0) is 11.2 Å². The fraction of sp³-hybridized carbons (Fsp3) is 0.750. The number of hydrogen-bond donors (Lipinski definition) is 1. The van der Waals surface area contributed by atoms with Gasteiger partial charge in [-0.1, -0.05) is 27.7 Å². The molecule has 1 amide bonds. The quantitative estimate of drug-likeness (QED) is 0.886. The summed E-state index contributed by atoms with van der Waals surface area (Å²) in [5, 5.41) is 3.29. The number of fused-ring (bicyclic) bond motifs is 1. The van der Waals surface area contributed by atoms with E-state index < -0.39 is 0 Å². The Morgan fingerprint density at radius 3 is 2.64 bits per heavy atom. The van der Waals surface area contributed by atoms with Crippen molar-refractivity contribution >= 4 is 11.9 Å². The Kier molecular flexibility index (Phi) is 5.30. The molecule has 138 valence electrons. The molecule has 0 bridgehead atoms. The number of hydrogen-bond acceptors (Lipinski definition) is 4. The number of rotatable bonds is 5. The summed E-state index contributed by atoms with van der Waals surface area (Å²) in [7, 11) is 0. The highest BCUT2D eigenvalue weighted by molar-refractivity contribution is 5.79. The molecule has 2 heterocycles. The van der Waals surface area contributed by atoms with Crippen molar-refractivity contribution in [3.8, 4) is 0 Å². The second-order valence-electron chi connectivity index (χ2n) is 8.39. The predicted octanol–water partition coefficient (Wildman–Crippen LogP) is 3.64. The van der Waals surface area contributed by atoms with E-state index in [1.807, 2.05) is 6.20 Å². The highest BCUT2D eigenvalue weighted by Crippen LogP contribution is 2.40. The Hall–Kier alpha value is -1.65. The van der Waals surface area contributed by atoms with Crippen molar-refractivity contribution in [1.82, 2.24) is 15.3 Å². The number of aromatic nitrogens is 2. The van der Waals surface area contributed by atoms with Crippen LogP contribution in [0.1, 0.15) is 77.1 Å². The van der Waals surface area contributed by atoms with Gasteiger partial charge in [0.2, 0.25) is 11.9 Å². The SMILES string of the molecule is CCC(CC)C(=O)N[C@@H]1CC(C)(C)Cc2nc(N3CCCC3)ncc21. The van der Waals surface area contributed by atoms with E-state index in [4.69, 9.17) is 4.98 Å². The van der Waals surface area contributed by atoms with Crippen LogP contribution >= 0.6 is 0 Å². The number of anilines is 1. The molecule has 0 saturated carbocycles. The first-order valence-electron chi connectivity index (χ1n) is 9.84. The minimum Gasteiger partial charge on any atom is -0.349 e. The van der Waals surface area contributed by atoms with Gasteiger partial charge in [0.15, 0.2) is 0 Å². The van der Waals surface area contributed by atoms with Crippen LogP contribution in [0.25, 0.3) is 0 Å². The molecule has 1 saturated heterocycles. The summed E-state index contributed by atoms with van der Waals surface area (Å²) in [5.41, 5.74) is 2.36. The molecule has 1 fully saturated rings. The molecule has 3 rings (SSSR count). The van der Waals surface area contributed by atoms with Gasteiger partial charge in [-0.05, 0) is 43.9 Å². The molecule has 5 heteroatoms. The Bertz CT molecular complexity index is 618. The summed E-state index contributed by atoms with van der Waals surface area (Å²) in [6.45, 7) is 10.8. The molecule has 1 aromatic rings. The van der Waals surface area contributed by atoms with Crippen molar-refractivity contribution in [2.24, 2.45) is 11.3 Å². The van der Waals surface area contributed by atoms with Crippen molar-refractivity contribution in [3.63, 3.8) is 0 Å². The first kappa shape index (κ1) is 18.2. The zero-order valence-corrected chi connectivity index (χ0v) is 16.1. The van der Waals surface area contributed by atoms with Gasteiger partial charge in [0, 0.05) is 30.8 Å². The topological polar surface area (TPSA) is 58.1 Å². The lowest BCUT2D eigenvalue weighted by Crippen LogP contribution is -2.39. The molecule has 0 aromatic carbocycles. The van der Waals surface area contributed by atoms with Crippen molar-refractivity contribution < 1.29 is 4.79 Å². The first-order chi connectivity index (χ1) is 11.9. The summed E-state index contributed by atoms with van der Waals surface area (Å²) in [6, 6.07) is 0.0273. The van der Waals surface area contributed by atoms with Crippen LogP contribution in [0.3, 0.4) is 0 Å². The van der Waals surface area contributed by atoms with Crippen molar-refractivity contribution in [2.75, 3.05) is 18.0 Å². The zero-order valence-electron chi connectivity index (χ0n) is 16.1. The maximum atomic E-state index is 12.6. The molecular weight excluding hydrogens is 312 g/mol. The van der Waals surface area contributed by atoms with Gasteiger partial charge in [-0.3, -0.25) is 4.79 Å². The van der Waals surface area contributed by atoms with E-state index in [-0.39, 0.29) is 23.3 Å². The van der Waals surface area contributed by atoms with Gasteiger partial charge in [-0.25, -0.2) is 9.97 Å². The third-order valence-electron chi connectivity index (χ3n) is 5.73. The van der Waals surface area contributed by atoms with E-state index >= 15 is 0 Å². The lowest BCUT2D eigenvalue weighted by molar-refractivity contribution is -0.126. The highest BCUT2D eigenvalue weighted by Gasteiger charge is 2.35. The van der Waals surface area contributed by atoms with Gasteiger partial charge >= 0.3 is 0 Å². The van der Waals surface area contributed by atoms with Gasteiger partial charge < -0.3 is 10.2 Å². The summed E-state index contributed by atoms with van der Waals surface area (Å²) in [4.78, 5) is 24.4. The van der Waals surface area contributed by atoms with Crippen LogP contribution in [0.2, 0.25) is 0 Å². The van der Waals surface area contributed by atoms with Crippen LogP contribution in [-0.4, -0.2) is 29.0 Å². The zero-order chi connectivity index (χ0) is 18.0. The third-order valence-corrected chi connectivity index (χ3v) is 5.73. The van der Waals surface area contributed by atoms with E-state index in [9.17, 15) is 4.79 Å². The average Bonchev–Trinajstić information content (AvgIpc) is 3.08. The standard InChI is InChI=1S/C20H32N4O/c1-5-14(6-2)18(25)22-16-11-20(3,4)12-17-15(16)13-21-19(23-17)24-9-7-8-10-24/h13-14,16H,5-12H2,1-4H3,(H,22,25)/t16-/m1/s1. The van der Waals surface area contributed by atoms with Crippen LogP contribution in [0.5, 0.6) is 0 Å². The van der Waals surface area contributed by atoms with Crippen LogP contribution in [0.15, 0.2) is 6.20 Å². The average molecular weight is 345 g/mol. The third kappa shape index (κ3) is 3.96. The molecule has 1 N–H and O–H groups in total. The van der Waals surface area contributed by atoms with E-state index in [2.05, 4.69) is 42.9 Å². The van der Waals surface area contributed by atoms with Crippen LogP contribution in [0, 0.1) is 11.3 Å². The first-order valence-corrected chi connectivity index (χ1v) is 9.84. The predicted molar refractivity (Wildman–Crippen MR) is 101 cm³/mol. The molecule has 25 heavy (non-hydrogen) atoms. The fourth-order valence-electron chi connectivity index (χ4n) is 4.18. The molecule has 0 radical (unpaired) electrons. The molecule has 1 aromatic heterocycles. The molecular formula is C20H32N4O. The molecule has 2 aliphatic rings. The van der Waals surface area contributed by atoms with Crippen molar-refractivity contribution in [3.05, 3.63) is 17.5 Å². The minimum absolute atomic E-state index is 0.0273. The number of amides is 1. The fourth-order valence-corrected chi connectivity index (χ4v) is 4.18. The highest BCUT2D eigenvalue weighted by atomic mass is 16.1. The second-order valence-corrected chi connectivity index (χ2v) is 8.39. The molecule has 1 aliphatic heterocycles. The van der Waals surface area contributed by atoms with Gasteiger partial charge in [0.05, 0.1) is 11.7 Å². The Morgan fingerprint density at radius 2 is 2.00 bits per heavy atom. The summed E-state index contributed by atoms with van der Waals surface area (Å²) in [5.74, 6) is 1.12. The Morgan fingerprint density at radius 1 is 1.32 bits per heavy atom. The lowest BCUT2D eigenvalue weighted by atomic mass is 9.74. The Balaban J connectivity index is 1.85. The van der Waals surface area contributed by atoms with Gasteiger partial charge in [0.25, 0.3) is 0 Å². The summed E-state index contributed by atoms with van der Waals surface area (Å²) >= 11 is 0. The van der Waals surface area contributed by atoms with Gasteiger partial charge in [-0.2, -0.15) is 0 Å². The molecule has 0 unspecified atom stereocenters. The molecule has 5 nitrogen and oxygen atoms in total. The molecule has 0 spiro atoms. The van der Waals surface area contributed by atoms with E-state index in [0.29, 0.717) is 0 Å². The minimum atomic E-state index is 0.0273. The van der Waals surface area contributed by atoms with Gasteiger partial charge in [0.1, 0.15) is 0 Å². The van der Waals surface area contributed by atoms with Crippen molar-refractivity contribution in [2.45, 2.75) is 72.3 Å². The summed E-state index contributed by atoms with van der Waals surface area (Å²) < 4.78 is 0. The summed E-state index contributed by atoms with van der Waals surface area (Å²) in [6.07, 6.45) is 8.07. The number of carbonyl (C=O) groups excluding carboxylic acids is 1. The van der Waals surface area contributed by atoms with Crippen LogP contribution in [0.4, 0.5) is 5.95 Å². The lowest BCUT2D eigenvalue weighted by Gasteiger charge is -2.37. The monoisotopic (exact) mass is 344 g/mol. The van der Waals surface area contributed by atoms with Crippen molar-refractivity contribution in [1.29, 1.82) is 0 Å². The van der Waals surface area contributed by atoms with Crippen LogP contribution < -0.4 is 10.2 Å². The normalized spacial score (nSPS) is 22.1. The number of carbonyl (C=O) groups is 1. The largest absolute Gasteiger partial charge is 0.349 e.